The molecule has 0 saturated carbocycles. The van der Waals surface area contributed by atoms with Crippen LogP contribution in [0.25, 0.3) is 0 Å². The summed E-state index contributed by atoms with van der Waals surface area (Å²) in [6, 6.07) is 18.1. The molecule has 1 aromatic heterocycles. The van der Waals surface area contributed by atoms with Crippen LogP contribution in [0.2, 0.25) is 0 Å². The van der Waals surface area contributed by atoms with Crippen molar-refractivity contribution in [1.82, 2.24) is 9.13 Å². The van der Waals surface area contributed by atoms with E-state index in [0.29, 0.717) is 11.1 Å². The Hall–Kier alpha value is -3.45. The third-order valence-electron chi connectivity index (χ3n) is 4.66. The first-order valence-electron chi connectivity index (χ1n) is 8.62. The van der Waals surface area contributed by atoms with Gasteiger partial charge in [0.05, 0.1) is 5.69 Å². The molecule has 144 valence electrons. The number of hydrogen-bond donors (Lipinski definition) is 1. The Labute approximate surface area is 161 Å². The topological polar surface area (TPSA) is 90.5 Å². The van der Waals surface area contributed by atoms with E-state index in [9.17, 15) is 19.5 Å². The number of nitrogens with zero attached hydrogens (tertiary/aromatic N) is 2. The number of carbonyl (C=O) groups excluding carboxylic acids is 1. The molecule has 0 aliphatic carbocycles. The molecule has 0 atom stereocenters. The Morgan fingerprint density at radius 1 is 0.929 bits per heavy atom. The quantitative estimate of drug-likeness (QED) is 0.669. The number of rotatable bonds is 5. The Balaban J connectivity index is 1.96. The predicted octanol–water partition coefficient (Wildman–Crippen LogP) is 1.06. The van der Waals surface area contributed by atoms with Gasteiger partial charge in [-0.25, -0.2) is 9.59 Å². The van der Waals surface area contributed by atoms with E-state index in [4.69, 9.17) is 4.74 Å². The highest BCUT2D eigenvalue weighted by molar-refractivity contribution is 5.85. The average molecular weight is 380 g/mol. The van der Waals surface area contributed by atoms with Gasteiger partial charge < -0.3 is 9.84 Å². The van der Waals surface area contributed by atoms with Gasteiger partial charge in [-0.3, -0.25) is 13.9 Å². The Kier molecular flexibility index (Phi) is 5.28. The molecule has 28 heavy (non-hydrogen) atoms. The summed E-state index contributed by atoms with van der Waals surface area (Å²) in [6.45, 7) is -0.331. The van der Waals surface area contributed by atoms with Crippen molar-refractivity contribution in [2.45, 2.75) is 12.2 Å². The maximum Gasteiger partial charge on any atom is 0.348 e. The lowest BCUT2D eigenvalue weighted by Gasteiger charge is -2.27. The van der Waals surface area contributed by atoms with Crippen molar-refractivity contribution in [3.63, 3.8) is 0 Å². The number of carbonyl (C=O) groups is 1. The fraction of sp³-hybridized carbons (Fsp3) is 0.190. The first kappa shape index (κ1) is 19.3. The lowest BCUT2D eigenvalue weighted by molar-refractivity contribution is -0.163. The highest BCUT2D eigenvalue weighted by atomic mass is 16.5. The molecule has 0 saturated heterocycles. The first-order chi connectivity index (χ1) is 13.4. The van der Waals surface area contributed by atoms with Crippen LogP contribution < -0.4 is 11.2 Å². The molecule has 3 aromatic rings. The van der Waals surface area contributed by atoms with Crippen molar-refractivity contribution in [1.29, 1.82) is 0 Å². The highest BCUT2D eigenvalue weighted by Crippen LogP contribution is 2.31. The maximum atomic E-state index is 12.9. The van der Waals surface area contributed by atoms with E-state index >= 15 is 0 Å². The van der Waals surface area contributed by atoms with Gasteiger partial charge in [-0.2, -0.15) is 0 Å². The smallest absolute Gasteiger partial charge is 0.348 e. The number of esters is 1. The third-order valence-corrected chi connectivity index (χ3v) is 4.66. The summed E-state index contributed by atoms with van der Waals surface area (Å²) in [7, 11) is 2.84. The largest absolute Gasteiger partial charge is 0.457 e. The minimum Gasteiger partial charge on any atom is -0.457 e. The lowest BCUT2D eigenvalue weighted by Crippen LogP contribution is -2.40. The molecule has 2 aromatic carbocycles. The van der Waals surface area contributed by atoms with Crippen LogP contribution in [-0.4, -0.2) is 20.2 Å². The lowest BCUT2D eigenvalue weighted by atomic mass is 9.86. The molecule has 0 aliphatic rings. The zero-order chi connectivity index (χ0) is 20.3. The molecular weight excluding hydrogens is 360 g/mol. The van der Waals surface area contributed by atoms with Crippen molar-refractivity contribution in [3.05, 3.63) is 104 Å². The molecule has 1 N–H and O–H groups in total. The van der Waals surface area contributed by atoms with E-state index in [1.54, 1.807) is 60.7 Å². The van der Waals surface area contributed by atoms with E-state index < -0.39 is 22.8 Å². The van der Waals surface area contributed by atoms with Crippen molar-refractivity contribution >= 4 is 5.97 Å². The van der Waals surface area contributed by atoms with E-state index in [1.807, 2.05) is 0 Å². The SMILES string of the molecule is Cn1c(COC(=O)C(O)(c2ccccc2)c2ccccc2)cc(=O)n(C)c1=O. The molecule has 0 amide bonds. The molecule has 0 spiro atoms. The van der Waals surface area contributed by atoms with Crippen LogP contribution in [0.5, 0.6) is 0 Å². The molecule has 0 aliphatic heterocycles. The molecule has 0 bridgehead atoms. The van der Waals surface area contributed by atoms with E-state index in [2.05, 4.69) is 0 Å². The molecule has 0 unspecified atom stereocenters. The van der Waals surface area contributed by atoms with Gasteiger partial charge in [0.25, 0.3) is 5.56 Å². The Morgan fingerprint density at radius 2 is 1.43 bits per heavy atom. The molecule has 3 rings (SSSR count). The normalized spacial score (nSPS) is 11.2. The minimum absolute atomic E-state index is 0.227. The van der Waals surface area contributed by atoms with Crippen LogP contribution in [0.15, 0.2) is 76.3 Å². The van der Waals surface area contributed by atoms with Crippen LogP contribution in [0.4, 0.5) is 0 Å². The maximum absolute atomic E-state index is 12.9. The Bertz CT molecular complexity index is 1060. The zero-order valence-electron chi connectivity index (χ0n) is 15.5. The standard InChI is InChI=1S/C21H20N2O5/c1-22-17(13-18(24)23(2)20(22)26)14-28-19(25)21(27,15-9-5-3-6-10-15)16-11-7-4-8-12-16/h3-13,27H,14H2,1-2H3. The van der Waals surface area contributed by atoms with E-state index in [0.717, 1.165) is 4.57 Å². The van der Waals surface area contributed by atoms with Crippen LogP contribution in [0.3, 0.4) is 0 Å². The van der Waals surface area contributed by atoms with Crippen LogP contribution >= 0.6 is 0 Å². The van der Waals surface area contributed by atoms with Gasteiger partial charge in [0.1, 0.15) is 6.61 Å². The third kappa shape index (κ3) is 3.39. The van der Waals surface area contributed by atoms with Crippen LogP contribution in [0.1, 0.15) is 16.8 Å². The minimum atomic E-state index is -2.03. The second-order valence-corrected chi connectivity index (χ2v) is 6.39. The van der Waals surface area contributed by atoms with Crippen molar-refractivity contribution in [2.24, 2.45) is 14.1 Å². The molecule has 0 radical (unpaired) electrons. The predicted molar refractivity (Wildman–Crippen MR) is 103 cm³/mol. The first-order valence-corrected chi connectivity index (χ1v) is 8.62. The van der Waals surface area contributed by atoms with Crippen molar-refractivity contribution in [2.75, 3.05) is 0 Å². The summed E-state index contributed by atoms with van der Waals surface area (Å²) in [6.07, 6.45) is 0. The number of aliphatic hydroxyl groups is 1. The molecule has 0 fully saturated rings. The fourth-order valence-corrected chi connectivity index (χ4v) is 2.92. The zero-order valence-corrected chi connectivity index (χ0v) is 15.5. The highest BCUT2D eigenvalue weighted by Gasteiger charge is 2.41. The number of ether oxygens (including phenoxy) is 1. The van der Waals surface area contributed by atoms with Gasteiger partial charge in [-0.1, -0.05) is 60.7 Å². The van der Waals surface area contributed by atoms with Crippen LogP contribution in [-0.2, 0) is 35.8 Å². The van der Waals surface area contributed by atoms with Gasteiger partial charge >= 0.3 is 11.7 Å². The van der Waals surface area contributed by atoms with Gasteiger partial charge in [0.15, 0.2) is 0 Å². The van der Waals surface area contributed by atoms with E-state index in [1.165, 1.54) is 24.7 Å². The number of hydrogen-bond acceptors (Lipinski definition) is 5. The summed E-state index contributed by atoms with van der Waals surface area (Å²) in [5.74, 6) is -0.905. The summed E-state index contributed by atoms with van der Waals surface area (Å²) >= 11 is 0. The molecular formula is C21H20N2O5. The van der Waals surface area contributed by atoms with E-state index in [-0.39, 0.29) is 12.3 Å². The second kappa shape index (κ2) is 7.66. The number of benzene rings is 2. The van der Waals surface area contributed by atoms with Gasteiger partial charge in [-0.05, 0) is 11.1 Å². The Morgan fingerprint density at radius 3 is 1.93 bits per heavy atom. The monoisotopic (exact) mass is 380 g/mol. The fourth-order valence-electron chi connectivity index (χ4n) is 2.92. The summed E-state index contributed by atoms with van der Waals surface area (Å²) in [5.41, 5.74) is -2.13. The van der Waals surface area contributed by atoms with Crippen LogP contribution in [0, 0.1) is 0 Å². The summed E-state index contributed by atoms with van der Waals surface area (Å²) < 4.78 is 7.51. The van der Waals surface area contributed by atoms with Crippen molar-refractivity contribution < 1.29 is 14.6 Å². The van der Waals surface area contributed by atoms with Gasteiger partial charge in [-0.15, -0.1) is 0 Å². The summed E-state index contributed by atoms with van der Waals surface area (Å²) in [4.78, 5) is 36.8. The summed E-state index contributed by atoms with van der Waals surface area (Å²) in [5, 5.41) is 11.3. The molecule has 7 heteroatoms. The molecule has 1 heterocycles. The van der Waals surface area contributed by atoms with Gasteiger partial charge in [0.2, 0.25) is 5.60 Å². The number of aromatic nitrogens is 2. The average Bonchev–Trinajstić information content (AvgIpc) is 2.74. The second-order valence-electron chi connectivity index (χ2n) is 6.39. The molecule has 7 nitrogen and oxygen atoms in total. The van der Waals surface area contributed by atoms with Crippen molar-refractivity contribution in [3.8, 4) is 0 Å². The van der Waals surface area contributed by atoms with Gasteiger partial charge in [0, 0.05) is 20.2 Å².